The molecule has 6 atom stereocenters. The van der Waals surface area contributed by atoms with E-state index in [4.69, 9.17) is 19.4 Å². The van der Waals surface area contributed by atoms with Gasteiger partial charge in [-0.05, 0) is 5.56 Å². The predicted molar refractivity (Wildman–Crippen MR) is 113 cm³/mol. The standard InChI is InChI=1S/C15H21N4O14P3/c20-11-10(7-30-35(26,27)33-36(28,29)32-34(23,24)25)31-15(12(11)21)19-8-17-13(18-19)14(22)16-6-9-4-2-1-3-5-9/h1-5,8,10-12,15,20-21H,6-7H2,(H,16,22)(H,26,27)(H,28,29)(H2,23,24,25)/t10-,11-,12-,15-/m1/s1. The number of aromatic nitrogens is 3. The van der Waals surface area contributed by atoms with Gasteiger partial charge in [0.1, 0.15) is 24.6 Å². The number of rotatable bonds is 11. The van der Waals surface area contributed by atoms with Crippen LogP contribution in [-0.4, -0.2) is 75.4 Å². The lowest BCUT2D eigenvalue weighted by atomic mass is 10.1. The minimum atomic E-state index is -5.73. The fourth-order valence-corrected chi connectivity index (χ4v) is 5.94. The molecule has 1 amide bonds. The molecular weight excluding hydrogens is 553 g/mol. The average molecular weight is 574 g/mol. The summed E-state index contributed by atoms with van der Waals surface area (Å²) in [5, 5.41) is 26.9. The van der Waals surface area contributed by atoms with Crippen LogP contribution in [0.4, 0.5) is 0 Å². The third-order valence-electron chi connectivity index (χ3n) is 4.42. The number of nitrogens with one attached hydrogen (secondary N) is 1. The van der Waals surface area contributed by atoms with Crippen LogP contribution >= 0.6 is 23.5 Å². The molecule has 2 aromatic rings. The van der Waals surface area contributed by atoms with E-state index in [9.17, 15) is 33.6 Å². The number of nitrogens with zero attached hydrogens (tertiary/aromatic N) is 3. The summed E-state index contributed by atoms with van der Waals surface area (Å²) in [6.07, 6.45) is -5.32. The molecule has 2 unspecified atom stereocenters. The monoisotopic (exact) mass is 574 g/mol. The average Bonchev–Trinajstić information content (AvgIpc) is 3.34. The largest absolute Gasteiger partial charge is 0.490 e. The zero-order valence-corrected chi connectivity index (χ0v) is 20.5. The number of phosphoric acid groups is 3. The number of carbonyl (C=O) groups is 1. The van der Waals surface area contributed by atoms with Crippen LogP contribution in [-0.2, 0) is 38.1 Å². The summed E-state index contributed by atoms with van der Waals surface area (Å²) in [5.41, 5.74) is 0.821. The smallest absolute Gasteiger partial charge is 0.387 e. The molecule has 3 rings (SSSR count). The first-order valence-electron chi connectivity index (χ1n) is 9.69. The minimum absolute atomic E-state index is 0.193. The van der Waals surface area contributed by atoms with Gasteiger partial charge in [0.2, 0.25) is 5.82 Å². The summed E-state index contributed by atoms with van der Waals surface area (Å²) in [6, 6.07) is 8.97. The van der Waals surface area contributed by atoms with E-state index >= 15 is 0 Å². The van der Waals surface area contributed by atoms with Crippen molar-refractivity contribution >= 4 is 29.4 Å². The Balaban J connectivity index is 1.57. The Hall–Kier alpha value is -1.88. The Labute approximate surface area is 201 Å². The zero-order chi connectivity index (χ0) is 26.7. The zero-order valence-electron chi connectivity index (χ0n) is 17.8. The van der Waals surface area contributed by atoms with Gasteiger partial charge in [0, 0.05) is 6.54 Å². The van der Waals surface area contributed by atoms with Gasteiger partial charge in [0.25, 0.3) is 5.91 Å². The lowest BCUT2D eigenvalue weighted by molar-refractivity contribution is -0.0580. The maximum absolute atomic E-state index is 12.3. The molecule has 0 aliphatic carbocycles. The van der Waals surface area contributed by atoms with Crippen molar-refractivity contribution in [2.75, 3.05) is 6.61 Å². The Morgan fingerprint density at radius 2 is 1.69 bits per heavy atom. The topological polar surface area (TPSA) is 269 Å². The molecule has 0 radical (unpaired) electrons. The molecule has 18 nitrogen and oxygen atoms in total. The molecule has 1 fully saturated rings. The van der Waals surface area contributed by atoms with Crippen molar-refractivity contribution in [2.24, 2.45) is 0 Å². The van der Waals surface area contributed by atoms with Crippen LogP contribution in [0, 0.1) is 0 Å². The second kappa shape index (κ2) is 11.2. The normalized spacial score (nSPS) is 25.7. The highest BCUT2D eigenvalue weighted by molar-refractivity contribution is 7.66. The number of hydrogen-bond donors (Lipinski definition) is 7. The first-order valence-corrected chi connectivity index (χ1v) is 14.2. The number of phosphoric ester groups is 1. The minimum Gasteiger partial charge on any atom is -0.387 e. The van der Waals surface area contributed by atoms with E-state index in [1.54, 1.807) is 24.3 Å². The lowest BCUT2D eigenvalue weighted by Gasteiger charge is -2.19. The second-order valence-corrected chi connectivity index (χ2v) is 11.6. The molecule has 2 heterocycles. The molecule has 0 spiro atoms. The molecular formula is C15H21N4O14P3. The van der Waals surface area contributed by atoms with Gasteiger partial charge in [0.15, 0.2) is 6.23 Å². The van der Waals surface area contributed by atoms with Crippen LogP contribution in [0.25, 0.3) is 0 Å². The summed E-state index contributed by atoms with van der Waals surface area (Å²) in [6.45, 7) is -0.810. The second-order valence-electron chi connectivity index (χ2n) is 7.15. The van der Waals surface area contributed by atoms with Gasteiger partial charge in [0.05, 0.1) is 6.61 Å². The molecule has 36 heavy (non-hydrogen) atoms. The van der Waals surface area contributed by atoms with E-state index in [1.165, 1.54) is 0 Å². The van der Waals surface area contributed by atoms with E-state index in [0.717, 1.165) is 16.6 Å². The lowest BCUT2D eigenvalue weighted by Crippen LogP contribution is -2.33. The number of aliphatic hydroxyl groups is 2. The summed E-state index contributed by atoms with van der Waals surface area (Å²) >= 11 is 0. The molecule has 0 saturated carbocycles. The van der Waals surface area contributed by atoms with Crippen LogP contribution in [0.2, 0.25) is 0 Å². The molecule has 1 aromatic carbocycles. The molecule has 7 N–H and O–H groups in total. The highest BCUT2D eigenvalue weighted by Crippen LogP contribution is 2.66. The van der Waals surface area contributed by atoms with Crippen molar-refractivity contribution in [2.45, 2.75) is 31.1 Å². The van der Waals surface area contributed by atoms with Gasteiger partial charge in [-0.15, -0.1) is 5.10 Å². The Morgan fingerprint density at radius 3 is 2.33 bits per heavy atom. The number of carbonyl (C=O) groups excluding carboxylic acids is 1. The van der Waals surface area contributed by atoms with Gasteiger partial charge >= 0.3 is 23.5 Å². The van der Waals surface area contributed by atoms with Gasteiger partial charge in [-0.3, -0.25) is 9.32 Å². The van der Waals surface area contributed by atoms with E-state index in [1.807, 2.05) is 6.07 Å². The van der Waals surface area contributed by atoms with Crippen molar-refractivity contribution in [3.8, 4) is 0 Å². The summed E-state index contributed by atoms with van der Waals surface area (Å²) < 4.78 is 51.6. The molecule has 1 aromatic heterocycles. The maximum atomic E-state index is 12.3. The van der Waals surface area contributed by atoms with Crippen molar-refractivity contribution in [1.29, 1.82) is 0 Å². The van der Waals surface area contributed by atoms with Crippen LogP contribution < -0.4 is 5.32 Å². The van der Waals surface area contributed by atoms with Crippen molar-refractivity contribution in [3.63, 3.8) is 0 Å². The fraction of sp³-hybridized carbons (Fsp3) is 0.400. The molecule has 1 aliphatic rings. The molecule has 21 heteroatoms. The first kappa shape index (κ1) is 28.7. The summed E-state index contributed by atoms with van der Waals surface area (Å²) in [5.74, 6) is -0.928. The molecule has 1 saturated heterocycles. The third kappa shape index (κ3) is 8.06. The van der Waals surface area contributed by atoms with E-state index in [2.05, 4.69) is 28.5 Å². The predicted octanol–water partition coefficient (Wildman–Crippen LogP) is -0.829. The maximum Gasteiger partial charge on any atom is 0.490 e. The quantitative estimate of drug-likeness (QED) is 0.161. The van der Waals surface area contributed by atoms with Crippen molar-refractivity contribution in [1.82, 2.24) is 20.1 Å². The number of aliphatic hydroxyl groups excluding tert-OH is 2. The van der Waals surface area contributed by atoms with Crippen LogP contribution in [0.3, 0.4) is 0 Å². The van der Waals surface area contributed by atoms with Gasteiger partial charge in [-0.2, -0.15) is 8.62 Å². The number of benzene rings is 1. The summed E-state index contributed by atoms with van der Waals surface area (Å²) in [4.78, 5) is 51.8. The van der Waals surface area contributed by atoms with Gasteiger partial charge < -0.3 is 39.8 Å². The first-order chi connectivity index (χ1) is 16.7. The summed E-state index contributed by atoms with van der Waals surface area (Å²) in [7, 11) is -16.8. The van der Waals surface area contributed by atoms with E-state index in [0.29, 0.717) is 0 Å². The van der Waals surface area contributed by atoms with Crippen LogP contribution in [0.1, 0.15) is 22.4 Å². The van der Waals surface area contributed by atoms with Crippen LogP contribution in [0.5, 0.6) is 0 Å². The Bertz CT molecular complexity index is 1210. The van der Waals surface area contributed by atoms with Crippen molar-refractivity contribution < 1.29 is 66.2 Å². The number of amides is 1. The highest BCUT2D eigenvalue weighted by atomic mass is 31.3. The molecule has 200 valence electrons. The van der Waals surface area contributed by atoms with Crippen LogP contribution in [0.15, 0.2) is 36.7 Å². The van der Waals surface area contributed by atoms with Gasteiger partial charge in [-0.25, -0.2) is 23.4 Å². The van der Waals surface area contributed by atoms with Crippen molar-refractivity contribution in [3.05, 3.63) is 48.0 Å². The molecule has 1 aliphatic heterocycles. The Morgan fingerprint density at radius 1 is 1.03 bits per heavy atom. The number of hydrogen-bond acceptors (Lipinski definition) is 12. The molecule has 0 bridgehead atoms. The Kier molecular flexibility index (Phi) is 8.96. The van der Waals surface area contributed by atoms with E-state index < -0.39 is 60.5 Å². The number of ether oxygens (including phenoxy) is 1. The fourth-order valence-electron chi connectivity index (χ4n) is 2.92. The highest BCUT2D eigenvalue weighted by Gasteiger charge is 2.47. The van der Waals surface area contributed by atoms with Gasteiger partial charge in [-0.1, -0.05) is 30.3 Å². The van der Waals surface area contributed by atoms with E-state index in [-0.39, 0.29) is 12.4 Å². The third-order valence-corrected chi connectivity index (χ3v) is 8.23. The SMILES string of the molecule is O=C(NCc1ccccc1)c1ncn([C@@H]2O[C@H](COP(=O)(O)OP(=O)(O)OP(=O)(O)O)[C@@H](O)[C@H]2O)n1.